The van der Waals surface area contributed by atoms with Crippen molar-refractivity contribution in [2.24, 2.45) is 0 Å². The van der Waals surface area contributed by atoms with Crippen molar-refractivity contribution in [3.8, 4) is 0 Å². The standard InChI is InChI=1S/C19H21F3N2OS/c1-18(2,3)17-10-14(24(23-17)12-19(20,21)22)9-15(26)11-16(25)13-7-5-4-6-8-13/h4-8,10H,9,11-12H2,1-3H3. The molecule has 0 aliphatic carbocycles. The summed E-state index contributed by atoms with van der Waals surface area (Å²) in [7, 11) is 0. The number of alkyl halides is 3. The van der Waals surface area contributed by atoms with Crippen molar-refractivity contribution in [1.29, 1.82) is 0 Å². The van der Waals surface area contributed by atoms with Crippen LogP contribution in [0.25, 0.3) is 0 Å². The first-order chi connectivity index (χ1) is 12.0. The molecule has 2 aromatic rings. The maximum atomic E-state index is 12.8. The minimum absolute atomic E-state index is 0.0153. The number of halogens is 3. The maximum absolute atomic E-state index is 12.8. The number of carbonyl (C=O) groups excluding carboxylic acids is 1. The Morgan fingerprint density at radius 2 is 1.77 bits per heavy atom. The molecule has 7 heteroatoms. The summed E-state index contributed by atoms with van der Waals surface area (Å²) in [6, 6.07) is 10.3. The molecule has 0 bridgehead atoms. The van der Waals surface area contributed by atoms with Gasteiger partial charge in [-0.3, -0.25) is 9.48 Å². The second-order valence-electron chi connectivity index (χ2n) is 7.23. The third kappa shape index (κ3) is 5.76. The molecule has 0 amide bonds. The fraction of sp³-hybridized carbons (Fsp3) is 0.421. The van der Waals surface area contributed by atoms with Crippen LogP contribution in [0, 0.1) is 0 Å². The Morgan fingerprint density at radius 1 is 1.15 bits per heavy atom. The summed E-state index contributed by atoms with van der Waals surface area (Å²) in [6.07, 6.45) is -4.26. The van der Waals surface area contributed by atoms with Gasteiger partial charge < -0.3 is 0 Å². The molecule has 0 atom stereocenters. The lowest BCUT2D eigenvalue weighted by Crippen LogP contribution is -2.22. The van der Waals surface area contributed by atoms with Gasteiger partial charge in [-0.25, -0.2) is 0 Å². The molecule has 26 heavy (non-hydrogen) atoms. The summed E-state index contributed by atoms with van der Waals surface area (Å²) in [5.41, 5.74) is 1.09. The zero-order valence-electron chi connectivity index (χ0n) is 14.9. The van der Waals surface area contributed by atoms with Gasteiger partial charge in [0.1, 0.15) is 6.54 Å². The average molecular weight is 382 g/mol. The Bertz CT molecular complexity index is 789. The van der Waals surface area contributed by atoms with Gasteiger partial charge in [0.25, 0.3) is 0 Å². The Morgan fingerprint density at radius 3 is 2.31 bits per heavy atom. The van der Waals surface area contributed by atoms with Crippen molar-refractivity contribution >= 4 is 22.9 Å². The quantitative estimate of drug-likeness (QED) is 0.525. The van der Waals surface area contributed by atoms with E-state index in [2.05, 4.69) is 5.10 Å². The van der Waals surface area contributed by atoms with Gasteiger partial charge in [-0.2, -0.15) is 18.3 Å². The van der Waals surface area contributed by atoms with Crippen molar-refractivity contribution in [1.82, 2.24) is 9.78 Å². The summed E-state index contributed by atoms with van der Waals surface area (Å²) in [6.45, 7) is 4.48. The molecule has 3 nitrogen and oxygen atoms in total. The second kappa shape index (κ2) is 7.70. The molecule has 2 rings (SSSR count). The highest BCUT2D eigenvalue weighted by Crippen LogP contribution is 2.25. The molecule has 0 unspecified atom stereocenters. The number of ketones is 1. The molecule has 0 saturated carbocycles. The fourth-order valence-corrected chi connectivity index (χ4v) is 2.72. The van der Waals surface area contributed by atoms with Crippen LogP contribution in [0.3, 0.4) is 0 Å². The predicted octanol–water partition coefficient (Wildman–Crippen LogP) is 4.93. The molecule has 0 N–H and O–H groups in total. The number of Topliss-reactive ketones (excluding diaryl/α,β-unsaturated/α-hetero) is 1. The highest BCUT2D eigenvalue weighted by Gasteiger charge is 2.31. The lowest BCUT2D eigenvalue weighted by atomic mass is 9.92. The zero-order chi connectivity index (χ0) is 19.5. The first-order valence-corrected chi connectivity index (χ1v) is 8.60. The van der Waals surface area contributed by atoms with Gasteiger partial charge in [0.2, 0.25) is 0 Å². The molecule has 1 aromatic carbocycles. The van der Waals surface area contributed by atoms with E-state index in [1.807, 2.05) is 20.8 Å². The van der Waals surface area contributed by atoms with Gasteiger partial charge in [-0.05, 0) is 6.07 Å². The Hall–Kier alpha value is -2.02. The van der Waals surface area contributed by atoms with E-state index >= 15 is 0 Å². The second-order valence-corrected chi connectivity index (χ2v) is 7.80. The minimum atomic E-state index is -4.38. The normalized spacial score (nSPS) is 12.2. The van der Waals surface area contributed by atoms with Crippen LogP contribution in [0.15, 0.2) is 36.4 Å². The molecule has 1 heterocycles. The van der Waals surface area contributed by atoms with E-state index in [9.17, 15) is 18.0 Å². The Kier molecular flexibility index (Phi) is 6.01. The number of hydrogen-bond acceptors (Lipinski definition) is 3. The van der Waals surface area contributed by atoms with Crippen molar-refractivity contribution in [2.75, 3.05) is 0 Å². The maximum Gasteiger partial charge on any atom is 0.408 e. The molecule has 1 aromatic heterocycles. The highest BCUT2D eigenvalue weighted by molar-refractivity contribution is 7.80. The molecular formula is C19H21F3N2OS. The van der Waals surface area contributed by atoms with Gasteiger partial charge in [-0.1, -0.05) is 63.3 Å². The van der Waals surface area contributed by atoms with Crippen molar-refractivity contribution in [3.05, 3.63) is 53.3 Å². The lowest BCUT2D eigenvalue weighted by molar-refractivity contribution is -0.143. The third-order valence-electron chi connectivity index (χ3n) is 3.79. The number of aromatic nitrogens is 2. The van der Waals surface area contributed by atoms with Crippen LogP contribution in [0.2, 0.25) is 0 Å². The summed E-state index contributed by atoms with van der Waals surface area (Å²) in [5, 5.41) is 4.11. The highest BCUT2D eigenvalue weighted by atomic mass is 32.1. The van der Waals surface area contributed by atoms with Gasteiger partial charge in [0.15, 0.2) is 5.78 Å². The number of nitrogens with zero attached hydrogens (tertiary/aromatic N) is 2. The van der Waals surface area contributed by atoms with E-state index in [-0.39, 0.29) is 24.0 Å². The van der Waals surface area contributed by atoms with Crippen molar-refractivity contribution in [2.45, 2.75) is 51.7 Å². The molecule has 0 spiro atoms. The molecule has 0 radical (unpaired) electrons. The van der Waals surface area contributed by atoms with Gasteiger partial charge in [0, 0.05) is 34.4 Å². The SMILES string of the molecule is CC(C)(C)c1cc(CC(=S)CC(=O)c2ccccc2)n(CC(F)(F)F)n1. The van der Waals surface area contributed by atoms with Gasteiger partial charge in [0.05, 0.1) is 5.69 Å². The molecular weight excluding hydrogens is 361 g/mol. The van der Waals surface area contributed by atoms with E-state index in [1.54, 1.807) is 36.4 Å². The van der Waals surface area contributed by atoms with Crippen LogP contribution < -0.4 is 0 Å². The van der Waals surface area contributed by atoms with Crippen LogP contribution in [-0.2, 0) is 18.4 Å². The number of carbonyl (C=O) groups is 1. The number of thiocarbonyl (C=S) groups is 1. The van der Waals surface area contributed by atoms with Crippen LogP contribution in [0.5, 0.6) is 0 Å². The largest absolute Gasteiger partial charge is 0.408 e. The van der Waals surface area contributed by atoms with Gasteiger partial charge >= 0.3 is 6.18 Å². The monoisotopic (exact) mass is 382 g/mol. The Labute approximate surface area is 156 Å². The minimum Gasteiger partial charge on any atom is -0.294 e. The van der Waals surface area contributed by atoms with Crippen LogP contribution in [0.4, 0.5) is 13.2 Å². The molecule has 0 fully saturated rings. The van der Waals surface area contributed by atoms with E-state index in [0.717, 1.165) is 4.68 Å². The van der Waals surface area contributed by atoms with E-state index < -0.39 is 12.7 Å². The van der Waals surface area contributed by atoms with Crippen LogP contribution in [0.1, 0.15) is 48.9 Å². The predicted molar refractivity (Wildman–Crippen MR) is 98.7 cm³/mol. The fourth-order valence-electron chi connectivity index (χ4n) is 2.44. The molecule has 140 valence electrons. The van der Waals surface area contributed by atoms with Crippen molar-refractivity contribution < 1.29 is 18.0 Å². The molecule has 0 saturated heterocycles. The van der Waals surface area contributed by atoms with E-state index in [4.69, 9.17) is 12.2 Å². The van der Waals surface area contributed by atoms with Crippen LogP contribution >= 0.6 is 12.2 Å². The first-order valence-electron chi connectivity index (χ1n) is 8.19. The summed E-state index contributed by atoms with van der Waals surface area (Å²) in [4.78, 5) is 12.6. The van der Waals surface area contributed by atoms with Crippen molar-refractivity contribution in [3.63, 3.8) is 0 Å². The summed E-state index contributed by atoms with van der Waals surface area (Å²) in [5.74, 6) is -0.145. The topological polar surface area (TPSA) is 34.9 Å². The lowest BCUT2D eigenvalue weighted by Gasteiger charge is -2.14. The van der Waals surface area contributed by atoms with Crippen LogP contribution in [-0.4, -0.2) is 26.6 Å². The number of hydrogen-bond donors (Lipinski definition) is 0. The van der Waals surface area contributed by atoms with E-state index in [0.29, 0.717) is 21.8 Å². The molecule has 0 aliphatic heterocycles. The number of rotatable bonds is 6. The average Bonchev–Trinajstić information content (AvgIpc) is 2.89. The first kappa shape index (κ1) is 20.3. The molecule has 0 aliphatic rings. The summed E-state index contributed by atoms with van der Waals surface area (Å²) < 4.78 is 39.5. The zero-order valence-corrected chi connectivity index (χ0v) is 15.7. The Balaban J connectivity index is 2.17. The smallest absolute Gasteiger partial charge is 0.294 e. The number of benzene rings is 1. The van der Waals surface area contributed by atoms with Gasteiger partial charge in [-0.15, -0.1) is 0 Å². The van der Waals surface area contributed by atoms with E-state index in [1.165, 1.54) is 0 Å². The third-order valence-corrected chi connectivity index (χ3v) is 4.08. The summed E-state index contributed by atoms with van der Waals surface area (Å²) >= 11 is 5.27.